The number of aromatic nitrogens is 2. The quantitative estimate of drug-likeness (QED) is 0.845. The highest BCUT2D eigenvalue weighted by molar-refractivity contribution is 7.99. The van der Waals surface area contributed by atoms with Gasteiger partial charge in [0.25, 0.3) is 0 Å². The van der Waals surface area contributed by atoms with Crippen LogP contribution in [0, 0.1) is 6.92 Å². The van der Waals surface area contributed by atoms with Crippen LogP contribution in [-0.2, 0) is 5.75 Å². The molecule has 4 heteroatoms. The molecule has 96 valence electrons. The first-order chi connectivity index (χ1) is 8.04. The zero-order valence-electron chi connectivity index (χ0n) is 11.4. The number of nitrogens with zero attached hydrogens (tertiary/aromatic N) is 2. The van der Waals surface area contributed by atoms with Crippen LogP contribution in [0.1, 0.15) is 50.8 Å². The van der Waals surface area contributed by atoms with Gasteiger partial charge in [0.05, 0.1) is 5.75 Å². The molecule has 0 aliphatic carbocycles. The van der Waals surface area contributed by atoms with E-state index < -0.39 is 0 Å². The standard InChI is InChI=1S/C13H23N3S/c1-6-14-10(4)12-7-15-13(16-11(12)5)8-17-9(2)3/h7,9-10,14H,6,8H2,1-5H3. The van der Waals surface area contributed by atoms with Crippen LogP contribution in [0.25, 0.3) is 0 Å². The second-order valence-corrected chi connectivity index (χ2v) is 6.03. The van der Waals surface area contributed by atoms with Crippen molar-refractivity contribution in [3.8, 4) is 0 Å². The maximum atomic E-state index is 4.58. The van der Waals surface area contributed by atoms with Crippen molar-refractivity contribution < 1.29 is 0 Å². The van der Waals surface area contributed by atoms with Gasteiger partial charge in [0.15, 0.2) is 0 Å². The van der Waals surface area contributed by atoms with E-state index in [1.54, 1.807) is 0 Å². The molecular weight excluding hydrogens is 230 g/mol. The van der Waals surface area contributed by atoms with Gasteiger partial charge in [-0.25, -0.2) is 9.97 Å². The van der Waals surface area contributed by atoms with Crippen molar-refractivity contribution in [2.45, 2.75) is 51.7 Å². The average molecular weight is 253 g/mol. The van der Waals surface area contributed by atoms with Crippen LogP contribution in [0.3, 0.4) is 0 Å². The van der Waals surface area contributed by atoms with Crippen molar-refractivity contribution in [3.63, 3.8) is 0 Å². The molecule has 0 saturated heterocycles. The summed E-state index contributed by atoms with van der Waals surface area (Å²) in [6.45, 7) is 11.7. The molecule has 0 aromatic carbocycles. The molecule has 1 atom stereocenters. The molecule has 0 radical (unpaired) electrons. The van der Waals surface area contributed by atoms with E-state index in [9.17, 15) is 0 Å². The van der Waals surface area contributed by atoms with Gasteiger partial charge in [0, 0.05) is 23.5 Å². The Morgan fingerprint density at radius 2 is 2.06 bits per heavy atom. The molecule has 0 aliphatic heterocycles. The minimum absolute atomic E-state index is 0.326. The molecule has 1 heterocycles. The molecule has 1 aromatic heterocycles. The van der Waals surface area contributed by atoms with Crippen LogP contribution in [0.4, 0.5) is 0 Å². The van der Waals surface area contributed by atoms with E-state index in [2.05, 4.69) is 49.9 Å². The first kappa shape index (κ1) is 14.5. The normalized spacial score (nSPS) is 13.1. The summed E-state index contributed by atoms with van der Waals surface area (Å²) in [5.74, 6) is 1.84. The molecule has 0 bridgehead atoms. The number of nitrogens with one attached hydrogen (secondary N) is 1. The molecule has 3 nitrogen and oxygen atoms in total. The Bertz CT molecular complexity index is 353. The van der Waals surface area contributed by atoms with E-state index in [-0.39, 0.29) is 0 Å². The summed E-state index contributed by atoms with van der Waals surface area (Å²) >= 11 is 1.88. The molecule has 0 spiro atoms. The predicted octanol–water partition coefficient (Wildman–Crippen LogP) is 3.10. The van der Waals surface area contributed by atoms with Crippen LogP contribution < -0.4 is 5.32 Å². The van der Waals surface area contributed by atoms with Crippen LogP contribution >= 0.6 is 11.8 Å². The lowest BCUT2D eigenvalue weighted by Crippen LogP contribution is -2.19. The molecule has 17 heavy (non-hydrogen) atoms. The van der Waals surface area contributed by atoms with Gasteiger partial charge in [0.1, 0.15) is 5.82 Å². The Labute approximate surface area is 109 Å². The van der Waals surface area contributed by atoms with E-state index in [4.69, 9.17) is 0 Å². The van der Waals surface area contributed by atoms with Crippen LogP contribution in [0.2, 0.25) is 0 Å². The van der Waals surface area contributed by atoms with Gasteiger partial charge in [-0.3, -0.25) is 0 Å². The van der Waals surface area contributed by atoms with Gasteiger partial charge in [-0.05, 0) is 25.6 Å². The highest BCUT2D eigenvalue weighted by Crippen LogP contribution is 2.18. The summed E-state index contributed by atoms with van der Waals surface area (Å²) in [7, 11) is 0. The molecule has 0 saturated carbocycles. The summed E-state index contributed by atoms with van der Waals surface area (Å²) in [5, 5.41) is 4.01. The van der Waals surface area contributed by atoms with E-state index in [0.717, 1.165) is 23.8 Å². The van der Waals surface area contributed by atoms with E-state index >= 15 is 0 Å². The average Bonchev–Trinajstić information content (AvgIpc) is 2.26. The Morgan fingerprint density at radius 1 is 1.35 bits per heavy atom. The van der Waals surface area contributed by atoms with Crippen molar-refractivity contribution >= 4 is 11.8 Å². The Balaban J connectivity index is 2.72. The van der Waals surface area contributed by atoms with Crippen LogP contribution in [0.5, 0.6) is 0 Å². The van der Waals surface area contributed by atoms with Gasteiger partial charge < -0.3 is 5.32 Å². The molecule has 0 aliphatic rings. The first-order valence-corrected chi connectivity index (χ1v) is 7.26. The number of hydrogen-bond acceptors (Lipinski definition) is 4. The molecular formula is C13H23N3S. The molecule has 1 N–H and O–H groups in total. The van der Waals surface area contributed by atoms with Gasteiger partial charge in [-0.1, -0.05) is 20.8 Å². The number of thioether (sulfide) groups is 1. The molecule has 1 rings (SSSR count). The Morgan fingerprint density at radius 3 is 2.59 bits per heavy atom. The highest BCUT2D eigenvalue weighted by atomic mass is 32.2. The number of aryl methyl sites for hydroxylation is 1. The van der Waals surface area contributed by atoms with E-state index in [1.165, 1.54) is 5.56 Å². The Kier molecular flexibility index (Phi) is 5.92. The van der Waals surface area contributed by atoms with Crippen molar-refractivity contribution in [1.29, 1.82) is 0 Å². The first-order valence-electron chi connectivity index (χ1n) is 6.22. The fourth-order valence-electron chi connectivity index (χ4n) is 1.68. The Hall–Kier alpha value is -0.610. The second kappa shape index (κ2) is 6.97. The zero-order valence-corrected chi connectivity index (χ0v) is 12.3. The third-order valence-corrected chi connectivity index (χ3v) is 3.68. The highest BCUT2D eigenvalue weighted by Gasteiger charge is 2.10. The third-order valence-electron chi connectivity index (χ3n) is 2.59. The predicted molar refractivity (Wildman–Crippen MR) is 75.3 cm³/mol. The molecule has 0 fully saturated rings. The van der Waals surface area contributed by atoms with Gasteiger partial charge >= 0.3 is 0 Å². The van der Waals surface area contributed by atoms with Crippen molar-refractivity contribution in [1.82, 2.24) is 15.3 Å². The van der Waals surface area contributed by atoms with Gasteiger partial charge in [-0.2, -0.15) is 11.8 Å². The topological polar surface area (TPSA) is 37.8 Å². The maximum absolute atomic E-state index is 4.58. The summed E-state index contributed by atoms with van der Waals surface area (Å²) < 4.78 is 0. The van der Waals surface area contributed by atoms with E-state index in [1.807, 2.05) is 18.0 Å². The lowest BCUT2D eigenvalue weighted by atomic mass is 10.1. The zero-order chi connectivity index (χ0) is 12.8. The van der Waals surface area contributed by atoms with E-state index in [0.29, 0.717) is 11.3 Å². The fraction of sp³-hybridized carbons (Fsp3) is 0.692. The second-order valence-electron chi connectivity index (χ2n) is 4.47. The van der Waals surface area contributed by atoms with Gasteiger partial charge in [0.2, 0.25) is 0 Å². The largest absolute Gasteiger partial charge is 0.310 e. The number of rotatable bonds is 6. The van der Waals surface area contributed by atoms with Crippen molar-refractivity contribution in [3.05, 3.63) is 23.3 Å². The molecule has 1 aromatic rings. The molecule has 0 amide bonds. The number of hydrogen-bond donors (Lipinski definition) is 1. The monoisotopic (exact) mass is 253 g/mol. The minimum atomic E-state index is 0.326. The maximum Gasteiger partial charge on any atom is 0.138 e. The third kappa shape index (κ3) is 4.64. The fourth-order valence-corrected chi connectivity index (χ4v) is 2.30. The van der Waals surface area contributed by atoms with Crippen LogP contribution in [0.15, 0.2) is 6.20 Å². The SMILES string of the molecule is CCNC(C)c1cnc(CSC(C)C)nc1C. The summed E-state index contributed by atoms with van der Waals surface area (Å²) in [5.41, 5.74) is 2.29. The summed E-state index contributed by atoms with van der Waals surface area (Å²) in [6, 6.07) is 0.326. The lowest BCUT2D eigenvalue weighted by Gasteiger charge is -2.15. The van der Waals surface area contributed by atoms with Crippen LogP contribution in [-0.4, -0.2) is 21.8 Å². The summed E-state index contributed by atoms with van der Waals surface area (Å²) in [6.07, 6.45) is 1.96. The lowest BCUT2D eigenvalue weighted by molar-refractivity contribution is 0.589. The van der Waals surface area contributed by atoms with Gasteiger partial charge in [-0.15, -0.1) is 0 Å². The smallest absolute Gasteiger partial charge is 0.138 e. The minimum Gasteiger partial charge on any atom is -0.310 e. The van der Waals surface area contributed by atoms with Crippen molar-refractivity contribution in [2.24, 2.45) is 0 Å². The summed E-state index contributed by atoms with van der Waals surface area (Å²) in [4.78, 5) is 9.02. The van der Waals surface area contributed by atoms with Crippen molar-refractivity contribution in [2.75, 3.05) is 6.54 Å². The molecule has 1 unspecified atom stereocenters.